The van der Waals surface area contributed by atoms with E-state index in [4.69, 9.17) is 4.42 Å². The van der Waals surface area contributed by atoms with Crippen LogP contribution in [0.1, 0.15) is 57.7 Å². The number of aryl methyl sites for hydroxylation is 1. The van der Waals surface area contributed by atoms with Gasteiger partial charge in [-0.2, -0.15) is 0 Å². The molecular weight excluding hydrogens is 188 g/mol. The van der Waals surface area contributed by atoms with Crippen LogP contribution >= 0.6 is 0 Å². The molecule has 2 nitrogen and oxygen atoms in total. The van der Waals surface area contributed by atoms with Crippen LogP contribution in [0.15, 0.2) is 16.5 Å². The molecule has 0 amide bonds. The minimum absolute atomic E-state index is 0.427. The van der Waals surface area contributed by atoms with Gasteiger partial charge in [-0.3, -0.25) is 0 Å². The lowest BCUT2D eigenvalue weighted by molar-refractivity contribution is 0.134. The van der Waals surface area contributed by atoms with Gasteiger partial charge >= 0.3 is 0 Å². The number of rotatable bonds is 6. The minimum Gasteiger partial charge on any atom is -0.463 e. The van der Waals surface area contributed by atoms with E-state index in [-0.39, 0.29) is 0 Å². The van der Waals surface area contributed by atoms with E-state index in [1.165, 1.54) is 6.42 Å². The van der Waals surface area contributed by atoms with E-state index in [0.29, 0.717) is 5.92 Å². The van der Waals surface area contributed by atoms with Crippen molar-refractivity contribution in [3.05, 3.63) is 23.7 Å². The van der Waals surface area contributed by atoms with E-state index >= 15 is 0 Å². The molecule has 1 aromatic rings. The highest BCUT2D eigenvalue weighted by molar-refractivity contribution is 5.09. The molecule has 0 aliphatic carbocycles. The third-order valence-electron chi connectivity index (χ3n) is 2.62. The van der Waals surface area contributed by atoms with Crippen LogP contribution in [0, 0.1) is 5.92 Å². The number of hydrogen-bond acceptors (Lipinski definition) is 2. The van der Waals surface area contributed by atoms with Gasteiger partial charge in [-0.15, -0.1) is 0 Å². The molecule has 1 heterocycles. The van der Waals surface area contributed by atoms with Gasteiger partial charge in [0, 0.05) is 6.42 Å². The van der Waals surface area contributed by atoms with Gasteiger partial charge in [0.2, 0.25) is 0 Å². The van der Waals surface area contributed by atoms with Crippen molar-refractivity contribution < 1.29 is 9.52 Å². The SMILES string of the molecule is CCc1ccc(C(O)CCCC(C)C)o1. The molecule has 0 spiro atoms. The number of furan rings is 1. The number of aliphatic hydroxyl groups excluding tert-OH is 1. The number of aliphatic hydroxyl groups is 1. The Morgan fingerprint density at radius 1 is 1.27 bits per heavy atom. The Bertz CT molecular complexity index is 276. The maximum atomic E-state index is 9.85. The summed E-state index contributed by atoms with van der Waals surface area (Å²) in [6.45, 7) is 6.46. The van der Waals surface area contributed by atoms with Gasteiger partial charge < -0.3 is 9.52 Å². The van der Waals surface area contributed by atoms with Crippen molar-refractivity contribution in [1.82, 2.24) is 0 Å². The van der Waals surface area contributed by atoms with Crippen LogP contribution in [0.5, 0.6) is 0 Å². The van der Waals surface area contributed by atoms with Gasteiger partial charge in [0.15, 0.2) is 0 Å². The third-order valence-corrected chi connectivity index (χ3v) is 2.62. The summed E-state index contributed by atoms with van der Waals surface area (Å²) in [7, 11) is 0. The summed E-state index contributed by atoms with van der Waals surface area (Å²) in [4.78, 5) is 0. The average Bonchev–Trinajstić information content (AvgIpc) is 2.65. The second kappa shape index (κ2) is 5.96. The van der Waals surface area contributed by atoms with Crippen LogP contribution in [0.3, 0.4) is 0 Å². The van der Waals surface area contributed by atoms with Gasteiger partial charge in [0.05, 0.1) is 0 Å². The minimum atomic E-state index is -0.427. The van der Waals surface area contributed by atoms with Crippen molar-refractivity contribution >= 4 is 0 Å². The average molecular weight is 210 g/mol. The quantitative estimate of drug-likeness (QED) is 0.776. The predicted molar refractivity (Wildman–Crippen MR) is 61.7 cm³/mol. The predicted octanol–water partition coefficient (Wildman–Crippen LogP) is 3.70. The van der Waals surface area contributed by atoms with Crippen molar-refractivity contribution in [3.8, 4) is 0 Å². The van der Waals surface area contributed by atoms with E-state index < -0.39 is 6.10 Å². The second-order valence-corrected chi connectivity index (χ2v) is 4.50. The fourth-order valence-electron chi connectivity index (χ4n) is 1.63. The van der Waals surface area contributed by atoms with Crippen molar-refractivity contribution in [3.63, 3.8) is 0 Å². The van der Waals surface area contributed by atoms with Crippen molar-refractivity contribution in [2.75, 3.05) is 0 Å². The largest absolute Gasteiger partial charge is 0.463 e. The van der Waals surface area contributed by atoms with Crippen LogP contribution < -0.4 is 0 Å². The molecule has 1 rings (SSSR count). The fraction of sp³-hybridized carbons (Fsp3) is 0.692. The van der Waals surface area contributed by atoms with Crippen molar-refractivity contribution in [2.24, 2.45) is 5.92 Å². The van der Waals surface area contributed by atoms with Crippen LogP contribution in [0.25, 0.3) is 0 Å². The zero-order chi connectivity index (χ0) is 11.3. The Morgan fingerprint density at radius 2 is 2.00 bits per heavy atom. The first kappa shape index (κ1) is 12.3. The Labute approximate surface area is 92.3 Å². The third kappa shape index (κ3) is 4.08. The lowest BCUT2D eigenvalue weighted by atomic mass is 10.0. The lowest BCUT2D eigenvalue weighted by Gasteiger charge is -2.08. The Balaban J connectivity index is 2.36. The molecule has 1 unspecified atom stereocenters. The monoisotopic (exact) mass is 210 g/mol. The van der Waals surface area contributed by atoms with Gasteiger partial charge in [-0.1, -0.05) is 33.6 Å². The van der Waals surface area contributed by atoms with E-state index in [0.717, 1.165) is 30.8 Å². The summed E-state index contributed by atoms with van der Waals surface area (Å²) in [5, 5.41) is 9.85. The smallest absolute Gasteiger partial charge is 0.132 e. The van der Waals surface area contributed by atoms with Gasteiger partial charge in [-0.05, 0) is 24.5 Å². The highest BCUT2D eigenvalue weighted by atomic mass is 16.4. The lowest BCUT2D eigenvalue weighted by Crippen LogP contribution is -1.97. The molecule has 0 aromatic carbocycles. The molecule has 1 atom stereocenters. The Morgan fingerprint density at radius 3 is 2.53 bits per heavy atom. The van der Waals surface area contributed by atoms with Gasteiger partial charge in [-0.25, -0.2) is 0 Å². The molecule has 1 aromatic heterocycles. The molecule has 15 heavy (non-hydrogen) atoms. The molecule has 0 fully saturated rings. The Hall–Kier alpha value is -0.760. The standard InChI is InChI=1S/C13H22O2/c1-4-11-8-9-13(15-11)12(14)7-5-6-10(2)3/h8-10,12,14H,4-7H2,1-3H3. The summed E-state index contributed by atoms with van der Waals surface area (Å²) >= 11 is 0. The van der Waals surface area contributed by atoms with Crippen LogP contribution in [0.4, 0.5) is 0 Å². The topological polar surface area (TPSA) is 33.4 Å². The molecule has 0 aliphatic heterocycles. The molecule has 0 aliphatic rings. The van der Waals surface area contributed by atoms with Crippen molar-refractivity contribution in [1.29, 1.82) is 0 Å². The van der Waals surface area contributed by atoms with Crippen molar-refractivity contribution in [2.45, 2.75) is 52.6 Å². The fourth-order valence-corrected chi connectivity index (χ4v) is 1.63. The zero-order valence-electron chi connectivity index (χ0n) is 9.99. The molecular formula is C13H22O2. The summed E-state index contributed by atoms with van der Waals surface area (Å²) in [5.74, 6) is 2.38. The van der Waals surface area contributed by atoms with E-state index in [1.807, 2.05) is 19.1 Å². The van der Waals surface area contributed by atoms with E-state index in [2.05, 4.69) is 13.8 Å². The molecule has 2 heteroatoms. The van der Waals surface area contributed by atoms with Gasteiger partial charge in [0.25, 0.3) is 0 Å². The zero-order valence-corrected chi connectivity index (χ0v) is 9.99. The summed E-state index contributed by atoms with van der Waals surface area (Å²) in [5.41, 5.74) is 0. The highest BCUT2D eigenvalue weighted by Crippen LogP contribution is 2.22. The summed E-state index contributed by atoms with van der Waals surface area (Å²) in [6, 6.07) is 3.83. The highest BCUT2D eigenvalue weighted by Gasteiger charge is 2.11. The van der Waals surface area contributed by atoms with Crippen LogP contribution in [-0.4, -0.2) is 5.11 Å². The molecule has 0 bridgehead atoms. The maximum Gasteiger partial charge on any atom is 0.132 e. The van der Waals surface area contributed by atoms with Crippen LogP contribution in [0.2, 0.25) is 0 Å². The number of hydrogen-bond donors (Lipinski definition) is 1. The first-order valence-corrected chi connectivity index (χ1v) is 5.90. The second-order valence-electron chi connectivity index (χ2n) is 4.50. The molecule has 1 N–H and O–H groups in total. The normalized spacial score (nSPS) is 13.4. The molecule has 0 saturated carbocycles. The Kier molecular flexibility index (Phi) is 4.89. The first-order valence-electron chi connectivity index (χ1n) is 5.90. The maximum absolute atomic E-state index is 9.85. The molecule has 0 saturated heterocycles. The summed E-state index contributed by atoms with van der Waals surface area (Å²) in [6.07, 6.45) is 3.48. The van der Waals surface area contributed by atoms with Gasteiger partial charge in [0.1, 0.15) is 17.6 Å². The van der Waals surface area contributed by atoms with E-state index in [9.17, 15) is 5.11 Å². The van der Waals surface area contributed by atoms with E-state index in [1.54, 1.807) is 0 Å². The first-order chi connectivity index (χ1) is 7.13. The molecule has 0 radical (unpaired) electrons. The molecule has 86 valence electrons. The summed E-state index contributed by atoms with van der Waals surface area (Å²) < 4.78 is 5.50. The van der Waals surface area contributed by atoms with Crippen LogP contribution in [-0.2, 0) is 6.42 Å².